The van der Waals surface area contributed by atoms with E-state index in [-0.39, 0.29) is 0 Å². The zero-order valence-electron chi connectivity index (χ0n) is 12.1. The van der Waals surface area contributed by atoms with Crippen molar-refractivity contribution < 1.29 is 4.74 Å². The fraction of sp³-hybridized carbons (Fsp3) is 0.625. The lowest BCUT2D eigenvalue weighted by Gasteiger charge is -2.37. The Labute approximate surface area is 116 Å². The number of nitrogens with two attached hydrogens (primary N) is 1. The van der Waals surface area contributed by atoms with Crippen LogP contribution < -0.4 is 10.5 Å². The van der Waals surface area contributed by atoms with Gasteiger partial charge in [0.05, 0.1) is 7.11 Å². The van der Waals surface area contributed by atoms with E-state index in [0.717, 1.165) is 24.6 Å². The van der Waals surface area contributed by atoms with Crippen molar-refractivity contribution >= 4 is 0 Å². The molecule has 3 heteroatoms. The van der Waals surface area contributed by atoms with Crippen LogP contribution in [0.1, 0.15) is 37.8 Å². The van der Waals surface area contributed by atoms with E-state index in [2.05, 4.69) is 24.0 Å². The van der Waals surface area contributed by atoms with Crippen molar-refractivity contribution in [2.24, 2.45) is 11.7 Å². The third-order valence-corrected chi connectivity index (χ3v) is 4.27. The van der Waals surface area contributed by atoms with Crippen molar-refractivity contribution in [1.29, 1.82) is 0 Å². The Morgan fingerprint density at radius 3 is 2.74 bits per heavy atom. The van der Waals surface area contributed by atoms with Crippen LogP contribution in [0.25, 0.3) is 0 Å². The molecule has 0 spiro atoms. The number of hydrogen-bond donors (Lipinski definition) is 1. The van der Waals surface area contributed by atoms with Crippen LogP contribution in [0, 0.1) is 5.92 Å². The zero-order chi connectivity index (χ0) is 13.7. The molecule has 3 nitrogen and oxygen atoms in total. The SMILES string of the molecule is COc1ccc(C(C)N2CCCC(CCN)C2)cc1. The Hall–Kier alpha value is -1.06. The minimum Gasteiger partial charge on any atom is -0.497 e. The van der Waals surface area contributed by atoms with E-state index < -0.39 is 0 Å². The van der Waals surface area contributed by atoms with Gasteiger partial charge in [-0.25, -0.2) is 0 Å². The lowest BCUT2D eigenvalue weighted by Crippen LogP contribution is -2.37. The normalized spacial score (nSPS) is 22.2. The Kier molecular flexibility index (Phi) is 5.23. The topological polar surface area (TPSA) is 38.5 Å². The second kappa shape index (κ2) is 6.92. The number of rotatable bonds is 5. The fourth-order valence-electron chi connectivity index (χ4n) is 3.01. The summed E-state index contributed by atoms with van der Waals surface area (Å²) in [4.78, 5) is 2.59. The minimum atomic E-state index is 0.478. The summed E-state index contributed by atoms with van der Waals surface area (Å²) < 4.78 is 5.22. The first-order chi connectivity index (χ1) is 9.24. The second-order valence-electron chi connectivity index (χ2n) is 5.53. The van der Waals surface area contributed by atoms with Gasteiger partial charge in [-0.15, -0.1) is 0 Å². The van der Waals surface area contributed by atoms with Crippen molar-refractivity contribution in [3.63, 3.8) is 0 Å². The van der Waals surface area contributed by atoms with Crippen LogP contribution >= 0.6 is 0 Å². The van der Waals surface area contributed by atoms with E-state index >= 15 is 0 Å². The van der Waals surface area contributed by atoms with Crippen LogP contribution in [-0.4, -0.2) is 31.6 Å². The third kappa shape index (κ3) is 3.71. The van der Waals surface area contributed by atoms with E-state index in [0.29, 0.717) is 6.04 Å². The lowest BCUT2D eigenvalue weighted by atomic mass is 9.93. The summed E-state index contributed by atoms with van der Waals surface area (Å²) in [6, 6.07) is 8.93. The molecule has 1 fully saturated rings. The highest BCUT2D eigenvalue weighted by molar-refractivity contribution is 5.28. The second-order valence-corrected chi connectivity index (χ2v) is 5.53. The van der Waals surface area contributed by atoms with E-state index in [9.17, 15) is 0 Å². The lowest BCUT2D eigenvalue weighted by molar-refractivity contribution is 0.128. The molecule has 2 atom stereocenters. The molecule has 1 aromatic carbocycles. The van der Waals surface area contributed by atoms with Gasteiger partial charge in [-0.1, -0.05) is 12.1 Å². The molecule has 19 heavy (non-hydrogen) atoms. The van der Waals surface area contributed by atoms with E-state index in [1.807, 2.05) is 12.1 Å². The van der Waals surface area contributed by atoms with E-state index in [1.54, 1.807) is 7.11 Å². The van der Waals surface area contributed by atoms with Gasteiger partial charge >= 0.3 is 0 Å². The summed E-state index contributed by atoms with van der Waals surface area (Å²) in [5.41, 5.74) is 7.06. The van der Waals surface area contributed by atoms with E-state index in [1.165, 1.54) is 31.5 Å². The molecule has 2 rings (SSSR count). The standard InChI is InChI=1S/C16H26N2O/c1-13(15-5-7-16(19-2)8-6-15)18-11-3-4-14(12-18)9-10-17/h5-8,13-14H,3-4,9-12,17H2,1-2H3. The molecular weight excluding hydrogens is 236 g/mol. The molecular formula is C16H26N2O. The molecule has 0 saturated carbocycles. The molecule has 0 radical (unpaired) electrons. The number of likely N-dealkylation sites (tertiary alicyclic amines) is 1. The average Bonchev–Trinajstić information content (AvgIpc) is 2.47. The molecule has 1 aliphatic heterocycles. The summed E-state index contributed by atoms with van der Waals surface area (Å²) in [7, 11) is 1.71. The first kappa shape index (κ1) is 14.4. The number of nitrogens with zero attached hydrogens (tertiary/aromatic N) is 1. The summed E-state index contributed by atoms with van der Waals surface area (Å²) in [6.07, 6.45) is 3.79. The van der Waals surface area contributed by atoms with Crippen LogP contribution in [0.2, 0.25) is 0 Å². The molecule has 0 amide bonds. The molecule has 0 aliphatic carbocycles. The molecule has 1 aromatic rings. The third-order valence-electron chi connectivity index (χ3n) is 4.27. The highest BCUT2D eigenvalue weighted by atomic mass is 16.5. The molecule has 0 bridgehead atoms. The van der Waals surface area contributed by atoms with Gasteiger partial charge in [0.1, 0.15) is 5.75 Å². The van der Waals surface area contributed by atoms with Crippen molar-refractivity contribution in [1.82, 2.24) is 4.90 Å². The maximum absolute atomic E-state index is 5.69. The molecule has 1 aliphatic rings. The highest BCUT2D eigenvalue weighted by Gasteiger charge is 2.23. The van der Waals surface area contributed by atoms with Crippen molar-refractivity contribution in [2.75, 3.05) is 26.7 Å². The number of benzene rings is 1. The summed E-state index contributed by atoms with van der Waals surface area (Å²) in [5.74, 6) is 1.70. The number of methoxy groups -OCH3 is 1. The summed E-state index contributed by atoms with van der Waals surface area (Å²) in [6.45, 7) is 5.50. The van der Waals surface area contributed by atoms with Crippen LogP contribution in [-0.2, 0) is 0 Å². The molecule has 106 valence electrons. The van der Waals surface area contributed by atoms with Crippen LogP contribution in [0.3, 0.4) is 0 Å². The highest BCUT2D eigenvalue weighted by Crippen LogP contribution is 2.28. The van der Waals surface area contributed by atoms with Crippen LogP contribution in [0.15, 0.2) is 24.3 Å². The molecule has 0 aromatic heterocycles. The maximum atomic E-state index is 5.69. The van der Waals surface area contributed by atoms with Gasteiger partial charge in [0.15, 0.2) is 0 Å². The van der Waals surface area contributed by atoms with E-state index in [4.69, 9.17) is 10.5 Å². The zero-order valence-corrected chi connectivity index (χ0v) is 12.1. The van der Waals surface area contributed by atoms with Crippen molar-refractivity contribution in [2.45, 2.75) is 32.2 Å². The summed E-state index contributed by atoms with van der Waals surface area (Å²) in [5, 5.41) is 0. The first-order valence-corrected chi connectivity index (χ1v) is 7.32. The monoisotopic (exact) mass is 262 g/mol. The predicted octanol–water partition coefficient (Wildman–Crippen LogP) is 2.82. The van der Waals surface area contributed by atoms with Gasteiger partial charge in [0.2, 0.25) is 0 Å². The van der Waals surface area contributed by atoms with Crippen molar-refractivity contribution in [3.05, 3.63) is 29.8 Å². The van der Waals surface area contributed by atoms with Gasteiger partial charge in [-0.2, -0.15) is 0 Å². The maximum Gasteiger partial charge on any atom is 0.118 e. The quantitative estimate of drug-likeness (QED) is 0.887. The van der Waals surface area contributed by atoms with Crippen LogP contribution in [0.4, 0.5) is 0 Å². The Morgan fingerprint density at radius 1 is 1.37 bits per heavy atom. The molecule has 2 N–H and O–H groups in total. The van der Waals surface area contributed by atoms with Crippen molar-refractivity contribution in [3.8, 4) is 5.75 Å². The van der Waals surface area contributed by atoms with Gasteiger partial charge in [-0.05, 0) is 62.9 Å². The van der Waals surface area contributed by atoms with Gasteiger partial charge in [0.25, 0.3) is 0 Å². The first-order valence-electron chi connectivity index (χ1n) is 7.32. The number of ether oxygens (including phenoxy) is 1. The summed E-state index contributed by atoms with van der Waals surface area (Å²) >= 11 is 0. The van der Waals surface area contributed by atoms with Crippen LogP contribution in [0.5, 0.6) is 5.75 Å². The number of hydrogen-bond acceptors (Lipinski definition) is 3. The molecule has 2 unspecified atom stereocenters. The van der Waals surface area contributed by atoms with Gasteiger partial charge < -0.3 is 10.5 Å². The molecule has 1 heterocycles. The van der Waals surface area contributed by atoms with Gasteiger partial charge in [-0.3, -0.25) is 4.90 Å². The fourth-order valence-corrected chi connectivity index (χ4v) is 3.01. The number of piperidine rings is 1. The average molecular weight is 262 g/mol. The minimum absolute atomic E-state index is 0.478. The Bertz CT molecular complexity index is 375. The largest absolute Gasteiger partial charge is 0.497 e. The Morgan fingerprint density at radius 2 is 2.11 bits per heavy atom. The predicted molar refractivity (Wildman–Crippen MR) is 79.4 cm³/mol. The molecule has 1 saturated heterocycles. The smallest absolute Gasteiger partial charge is 0.118 e. The van der Waals surface area contributed by atoms with Gasteiger partial charge in [0, 0.05) is 12.6 Å². The Balaban J connectivity index is 1.99.